The molecule has 0 aliphatic heterocycles. The fraction of sp³-hybridized carbons (Fsp3) is 0.412. The summed E-state index contributed by atoms with van der Waals surface area (Å²) < 4.78 is 0. The van der Waals surface area contributed by atoms with E-state index in [0.29, 0.717) is 11.8 Å². The van der Waals surface area contributed by atoms with Crippen LogP contribution in [0.1, 0.15) is 42.3 Å². The third kappa shape index (κ3) is 2.60. The van der Waals surface area contributed by atoms with E-state index in [1.165, 1.54) is 16.0 Å². The summed E-state index contributed by atoms with van der Waals surface area (Å²) in [5.41, 5.74) is 2.80. The lowest BCUT2D eigenvalue weighted by molar-refractivity contribution is 0.426. The van der Waals surface area contributed by atoms with Crippen LogP contribution in [0.25, 0.3) is 0 Å². The van der Waals surface area contributed by atoms with E-state index in [-0.39, 0.29) is 5.41 Å². The van der Waals surface area contributed by atoms with Crippen LogP contribution in [0.15, 0.2) is 35.7 Å². The standard InChI is InChI=1S/C17H21NOS/c1-17(2,16-4-3-9-20-16)11-18-15-8-5-12-10-13(19)6-7-14(12)15/h3-4,6-7,9-10,15,18-19H,5,8,11H2,1-2H3. The van der Waals surface area contributed by atoms with Crippen molar-refractivity contribution >= 4 is 11.3 Å². The number of aryl methyl sites for hydroxylation is 1. The first-order chi connectivity index (χ1) is 9.56. The van der Waals surface area contributed by atoms with E-state index in [1.807, 2.05) is 17.4 Å². The molecule has 1 heterocycles. The van der Waals surface area contributed by atoms with Gasteiger partial charge in [0, 0.05) is 22.9 Å². The normalized spacial score (nSPS) is 18.2. The van der Waals surface area contributed by atoms with Crippen molar-refractivity contribution in [3.63, 3.8) is 0 Å². The maximum Gasteiger partial charge on any atom is 0.115 e. The number of rotatable bonds is 4. The van der Waals surface area contributed by atoms with Crippen LogP contribution < -0.4 is 5.32 Å². The third-order valence-corrected chi connectivity index (χ3v) is 5.42. The van der Waals surface area contributed by atoms with Gasteiger partial charge < -0.3 is 10.4 Å². The largest absolute Gasteiger partial charge is 0.508 e. The number of aromatic hydroxyl groups is 1. The maximum absolute atomic E-state index is 9.55. The number of hydrogen-bond donors (Lipinski definition) is 2. The molecule has 0 saturated carbocycles. The second-order valence-corrected chi connectivity index (χ2v) is 7.16. The Morgan fingerprint density at radius 2 is 2.20 bits per heavy atom. The molecule has 0 amide bonds. The highest BCUT2D eigenvalue weighted by Gasteiger charge is 2.27. The van der Waals surface area contributed by atoms with Crippen molar-refractivity contribution in [2.45, 2.75) is 38.1 Å². The summed E-state index contributed by atoms with van der Waals surface area (Å²) in [6.45, 7) is 5.55. The van der Waals surface area contributed by atoms with Crippen molar-refractivity contribution < 1.29 is 5.11 Å². The predicted octanol–water partition coefficient (Wildman–Crippen LogP) is 4.01. The van der Waals surface area contributed by atoms with Crippen LogP contribution in [-0.2, 0) is 11.8 Å². The average Bonchev–Trinajstić information content (AvgIpc) is 3.06. The van der Waals surface area contributed by atoms with Gasteiger partial charge in [-0.2, -0.15) is 0 Å². The van der Waals surface area contributed by atoms with Crippen LogP contribution in [0.5, 0.6) is 5.75 Å². The van der Waals surface area contributed by atoms with Crippen molar-refractivity contribution in [1.82, 2.24) is 5.32 Å². The van der Waals surface area contributed by atoms with Crippen molar-refractivity contribution in [3.8, 4) is 5.75 Å². The summed E-state index contributed by atoms with van der Waals surface area (Å²) in [5, 5.41) is 15.4. The Labute approximate surface area is 124 Å². The Bertz CT molecular complexity index is 589. The van der Waals surface area contributed by atoms with Gasteiger partial charge in [0.1, 0.15) is 5.75 Å². The van der Waals surface area contributed by atoms with Crippen LogP contribution in [0, 0.1) is 0 Å². The highest BCUT2D eigenvalue weighted by molar-refractivity contribution is 7.10. The van der Waals surface area contributed by atoms with Crippen LogP contribution >= 0.6 is 11.3 Å². The molecule has 3 rings (SSSR count). The minimum absolute atomic E-state index is 0.161. The number of fused-ring (bicyclic) bond motifs is 1. The molecule has 1 aromatic heterocycles. The van der Waals surface area contributed by atoms with Gasteiger partial charge in [-0.1, -0.05) is 26.0 Å². The minimum Gasteiger partial charge on any atom is -0.508 e. The van der Waals surface area contributed by atoms with Gasteiger partial charge in [-0.05, 0) is 47.5 Å². The molecule has 0 saturated heterocycles. The van der Waals surface area contributed by atoms with E-state index in [9.17, 15) is 5.11 Å². The zero-order chi connectivity index (χ0) is 14.2. The Hall–Kier alpha value is -1.32. The van der Waals surface area contributed by atoms with Gasteiger partial charge in [0.05, 0.1) is 0 Å². The molecule has 0 radical (unpaired) electrons. The van der Waals surface area contributed by atoms with Crippen molar-refractivity contribution in [3.05, 3.63) is 51.7 Å². The van der Waals surface area contributed by atoms with Crippen molar-refractivity contribution in [2.75, 3.05) is 6.54 Å². The molecular formula is C17H21NOS. The molecule has 1 aromatic carbocycles. The molecular weight excluding hydrogens is 266 g/mol. The molecule has 20 heavy (non-hydrogen) atoms. The fourth-order valence-corrected chi connectivity index (χ4v) is 3.80. The van der Waals surface area contributed by atoms with Gasteiger partial charge in [0.25, 0.3) is 0 Å². The Morgan fingerprint density at radius 1 is 1.35 bits per heavy atom. The number of phenolic OH excluding ortho intramolecular Hbond substituents is 1. The van der Waals surface area contributed by atoms with E-state index < -0.39 is 0 Å². The Kier molecular flexibility index (Phi) is 3.57. The summed E-state index contributed by atoms with van der Waals surface area (Å²) in [5.74, 6) is 0.378. The highest BCUT2D eigenvalue weighted by Crippen LogP contribution is 2.34. The molecule has 3 heteroatoms. The molecule has 1 unspecified atom stereocenters. The lowest BCUT2D eigenvalue weighted by atomic mass is 9.91. The monoisotopic (exact) mass is 287 g/mol. The van der Waals surface area contributed by atoms with E-state index in [2.05, 4.69) is 42.7 Å². The van der Waals surface area contributed by atoms with Crippen molar-refractivity contribution in [2.24, 2.45) is 0 Å². The molecule has 1 aliphatic rings. The number of nitrogens with one attached hydrogen (secondary N) is 1. The number of benzene rings is 1. The Morgan fingerprint density at radius 3 is 2.95 bits per heavy atom. The molecule has 0 spiro atoms. The summed E-state index contributed by atoms with van der Waals surface area (Å²) in [4.78, 5) is 1.42. The van der Waals surface area contributed by atoms with Gasteiger partial charge in [-0.15, -0.1) is 11.3 Å². The van der Waals surface area contributed by atoms with Crippen LogP contribution in [0.4, 0.5) is 0 Å². The summed E-state index contributed by atoms with van der Waals surface area (Å²) >= 11 is 1.83. The molecule has 2 N–H and O–H groups in total. The Balaban J connectivity index is 1.69. The van der Waals surface area contributed by atoms with Gasteiger partial charge in [-0.25, -0.2) is 0 Å². The second-order valence-electron chi connectivity index (χ2n) is 6.22. The van der Waals surface area contributed by atoms with Gasteiger partial charge in [0.2, 0.25) is 0 Å². The van der Waals surface area contributed by atoms with E-state index in [4.69, 9.17) is 0 Å². The first kappa shape index (κ1) is 13.7. The lowest BCUT2D eigenvalue weighted by Gasteiger charge is -2.26. The van der Waals surface area contributed by atoms with Crippen molar-refractivity contribution in [1.29, 1.82) is 0 Å². The fourth-order valence-electron chi connectivity index (χ4n) is 2.95. The number of hydrogen-bond acceptors (Lipinski definition) is 3. The van der Waals surface area contributed by atoms with E-state index in [0.717, 1.165) is 19.4 Å². The lowest BCUT2D eigenvalue weighted by Crippen LogP contribution is -2.34. The van der Waals surface area contributed by atoms with Crippen LogP contribution in [0.3, 0.4) is 0 Å². The molecule has 2 nitrogen and oxygen atoms in total. The number of thiophene rings is 1. The molecule has 0 bridgehead atoms. The molecule has 0 fully saturated rings. The zero-order valence-electron chi connectivity index (χ0n) is 12.0. The number of phenols is 1. The topological polar surface area (TPSA) is 32.3 Å². The molecule has 1 aliphatic carbocycles. The summed E-state index contributed by atoms with van der Waals surface area (Å²) in [6.07, 6.45) is 2.18. The van der Waals surface area contributed by atoms with Crippen LogP contribution in [-0.4, -0.2) is 11.7 Å². The maximum atomic E-state index is 9.55. The summed E-state index contributed by atoms with van der Waals surface area (Å²) in [6, 6.07) is 10.5. The average molecular weight is 287 g/mol. The first-order valence-corrected chi connectivity index (χ1v) is 8.03. The van der Waals surface area contributed by atoms with Gasteiger partial charge in [0.15, 0.2) is 0 Å². The predicted molar refractivity (Wildman–Crippen MR) is 84.5 cm³/mol. The van der Waals surface area contributed by atoms with Gasteiger partial charge >= 0.3 is 0 Å². The summed E-state index contributed by atoms with van der Waals surface area (Å²) in [7, 11) is 0. The molecule has 1 atom stereocenters. The van der Waals surface area contributed by atoms with E-state index in [1.54, 1.807) is 6.07 Å². The smallest absolute Gasteiger partial charge is 0.115 e. The second kappa shape index (κ2) is 5.23. The molecule has 2 aromatic rings. The van der Waals surface area contributed by atoms with Gasteiger partial charge in [-0.3, -0.25) is 0 Å². The first-order valence-electron chi connectivity index (χ1n) is 7.15. The molecule has 106 valence electrons. The SMILES string of the molecule is CC(C)(CNC1CCc2cc(O)ccc21)c1cccs1. The zero-order valence-corrected chi connectivity index (χ0v) is 12.8. The van der Waals surface area contributed by atoms with Crippen LogP contribution in [0.2, 0.25) is 0 Å². The third-order valence-electron chi connectivity index (χ3n) is 4.18. The minimum atomic E-state index is 0.161. The van der Waals surface area contributed by atoms with E-state index >= 15 is 0 Å². The highest BCUT2D eigenvalue weighted by atomic mass is 32.1. The quantitative estimate of drug-likeness (QED) is 0.890.